The summed E-state index contributed by atoms with van der Waals surface area (Å²) < 4.78 is 5.46. The molecule has 6 nitrogen and oxygen atoms in total. The van der Waals surface area contributed by atoms with Crippen molar-refractivity contribution in [2.24, 2.45) is 11.8 Å². The van der Waals surface area contributed by atoms with Crippen LogP contribution in [0.2, 0.25) is 0 Å². The second-order valence-electron chi connectivity index (χ2n) is 8.85. The van der Waals surface area contributed by atoms with Gasteiger partial charge in [0, 0.05) is 24.6 Å². The van der Waals surface area contributed by atoms with Crippen molar-refractivity contribution in [1.29, 1.82) is 0 Å². The molecule has 0 aromatic heterocycles. The van der Waals surface area contributed by atoms with Crippen LogP contribution >= 0.6 is 0 Å². The molecule has 1 fully saturated rings. The maximum absolute atomic E-state index is 12.1. The highest BCUT2D eigenvalue weighted by Crippen LogP contribution is 2.35. The molecule has 0 saturated carbocycles. The number of methoxy groups -OCH3 is 1. The number of nitrogens with one attached hydrogen (secondary N) is 1. The number of phenols is 2. The lowest BCUT2D eigenvalue weighted by Gasteiger charge is -2.33. The van der Waals surface area contributed by atoms with Crippen molar-refractivity contribution >= 4 is 5.78 Å². The van der Waals surface area contributed by atoms with E-state index in [4.69, 9.17) is 4.74 Å². The van der Waals surface area contributed by atoms with Crippen LogP contribution in [0.25, 0.3) is 0 Å². The Kier molecular flexibility index (Phi) is 10.0. The molecular formula is C25H39NO5. The molecule has 1 saturated heterocycles. The average molecular weight is 434 g/mol. The highest BCUT2D eigenvalue weighted by atomic mass is 16.5. The van der Waals surface area contributed by atoms with Gasteiger partial charge in [0.1, 0.15) is 5.78 Å². The van der Waals surface area contributed by atoms with Crippen molar-refractivity contribution in [2.75, 3.05) is 13.7 Å². The van der Waals surface area contributed by atoms with E-state index < -0.39 is 6.10 Å². The van der Waals surface area contributed by atoms with Gasteiger partial charge in [0.15, 0.2) is 11.5 Å². The molecule has 1 aliphatic heterocycles. The molecule has 1 heterocycles. The number of Topliss-reactive ketones (excluding diaryl/α,β-unsaturated/α-hetero) is 1. The number of ether oxygens (including phenoxy) is 1. The first-order chi connectivity index (χ1) is 14.8. The maximum Gasteiger partial charge on any atom is 0.160 e. The van der Waals surface area contributed by atoms with Gasteiger partial charge in [-0.2, -0.15) is 0 Å². The largest absolute Gasteiger partial charge is 0.504 e. The molecule has 0 radical (unpaired) electrons. The van der Waals surface area contributed by atoms with Crippen molar-refractivity contribution in [3.05, 3.63) is 35.9 Å². The molecule has 0 amide bonds. The SMILES string of the molecule is C=CC(O)C(CC1CCNC(Cc2ccc(O)c(O)c2CC(CCC)C(C)=O)C1)OC. The van der Waals surface area contributed by atoms with Crippen LogP contribution in [0.5, 0.6) is 11.5 Å². The van der Waals surface area contributed by atoms with Crippen LogP contribution in [0.1, 0.15) is 57.1 Å². The highest BCUT2D eigenvalue weighted by molar-refractivity contribution is 5.78. The second-order valence-corrected chi connectivity index (χ2v) is 8.85. The van der Waals surface area contributed by atoms with Gasteiger partial charge in [-0.1, -0.05) is 25.5 Å². The van der Waals surface area contributed by atoms with Gasteiger partial charge in [-0.05, 0) is 69.5 Å². The summed E-state index contributed by atoms with van der Waals surface area (Å²) in [6, 6.07) is 3.60. The van der Waals surface area contributed by atoms with Gasteiger partial charge in [-0.15, -0.1) is 6.58 Å². The predicted molar refractivity (Wildman–Crippen MR) is 122 cm³/mol. The summed E-state index contributed by atoms with van der Waals surface area (Å²) in [6.45, 7) is 8.17. The minimum Gasteiger partial charge on any atom is -0.504 e. The summed E-state index contributed by atoms with van der Waals surface area (Å²) in [7, 11) is 1.61. The van der Waals surface area contributed by atoms with Crippen molar-refractivity contribution in [3.8, 4) is 11.5 Å². The number of hydrogen-bond acceptors (Lipinski definition) is 6. The molecule has 174 valence electrons. The van der Waals surface area contributed by atoms with Crippen LogP contribution in [0.4, 0.5) is 0 Å². The highest BCUT2D eigenvalue weighted by Gasteiger charge is 2.28. The molecule has 0 aliphatic carbocycles. The lowest BCUT2D eigenvalue weighted by atomic mass is 9.82. The van der Waals surface area contributed by atoms with E-state index in [-0.39, 0.29) is 35.3 Å². The van der Waals surface area contributed by atoms with Crippen molar-refractivity contribution in [3.63, 3.8) is 0 Å². The van der Waals surface area contributed by atoms with Crippen molar-refractivity contribution in [2.45, 2.75) is 77.0 Å². The summed E-state index contributed by atoms with van der Waals surface area (Å²) in [5.74, 6) is 0.100. The van der Waals surface area contributed by atoms with E-state index in [9.17, 15) is 20.1 Å². The zero-order valence-corrected chi connectivity index (χ0v) is 19.1. The molecule has 4 N–H and O–H groups in total. The number of carbonyl (C=O) groups excluding carboxylic acids is 1. The molecule has 1 aromatic rings. The van der Waals surface area contributed by atoms with Crippen LogP contribution in [-0.2, 0) is 22.4 Å². The quantitative estimate of drug-likeness (QED) is 0.297. The zero-order chi connectivity index (χ0) is 23.0. The van der Waals surface area contributed by atoms with Crippen LogP contribution in [0.15, 0.2) is 24.8 Å². The third-order valence-corrected chi connectivity index (χ3v) is 6.58. The van der Waals surface area contributed by atoms with Gasteiger partial charge in [0.2, 0.25) is 0 Å². The Hall–Kier alpha value is -1.89. The number of carbonyl (C=O) groups is 1. The molecule has 1 aliphatic rings. The number of hydrogen-bond donors (Lipinski definition) is 4. The van der Waals surface area contributed by atoms with E-state index in [2.05, 4.69) is 11.9 Å². The summed E-state index contributed by atoms with van der Waals surface area (Å²) >= 11 is 0. The van der Waals surface area contributed by atoms with E-state index in [1.807, 2.05) is 13.0 Å². The summed E-state index contributed by atoms with van der Waals surface area (Å²) in [6.07, 6.45) is 6.07. The van der Waals surface area contributed by atoms with Crippen molar-refractivity contribution < 1.29 is 24.9 Å². The molecular weight excluding hydrogens is 394 g/mol. The Morgan fingerprint density at radius 1 is 1.39 bits per heavy atom. The first-order valence-corrected chi connectivity index (χ1v) is 11.4. The number of benzene rings is 1. The Bertz CT molecular complexity index is 735. The van der Waals surface area contributed by atoms with Gasteiger partial charge in [0.05, 0.1) is 12.2 Å². The Morgan fingerprint density at radius 2 is 2.13 bits per heavy atom. The molecule has 5 atom stereocenters. The van der Waals surface area contributed by atoms with Crippen molar-refractivity contribution in [1.82, 2.24) is 5.32 Å². The minimum atomic E-state index is -0.680. The fourth-order valence-corrected chi connectivity index (χ4v) is 4.71. The molecule has 5 unspecified atom stereocenters. The van der Waals surface area contributed by atoms with E-state index in [0.717, 1.165) is 44.2 Å². The number of aromatic hydroxyl groups is 2. The first kappa shape index (κ1) is 25.4. The average Bonchev–Trinajstić information content (AvgIpc) is 2.76. The summed E-state index contributed by atoms with van der Waals surface area (Å²) in [5.41, 5.74) is 1.64. The van der Waals surface area contributed by atoms with E-state index >= 15 is 0 Å². The Labute approximate surface area is 186 Å². The standard InChI is InChI=1S/C25H39NO5/c1-5-7-18(16(3)27)15-21-19(8-9-23(29)25(21)30)14-20-12-17(10-11-26-20)13-24(31-4)22(28)6-2/h6,8-9,17-18,20,22,24,26,28-30H,2,5,7,10-15H2,1,3-4H3. The Balaban J connectivity index is 2.15. The fourth-order valence-electron chi connectivity index (χ4n) is 4.71. The summed E-state index contributed by atoms with van der Waals surface area (Å²) in [4.78, 5) is 12.1. The minimum absolute atomic E-state index is 0.109. The first-order valence-electron chi connectivity index (χ1n) is 11.4. The topological polar surface area (TPSA) is 99.0 Å². The van der Waals surface area contributed by atoms with Gasteiger partial charge < -0.3 is 25.4 Å². The van der Waals surface area contributed by atoms with Crippen LogP contribution < -0.4 is 5.32 Å². The number of phenolic OH excluding ortho intramolecular Hbond substituents is 2. The smallest absolute Gasteiger partial charge is 0.160 e. The Morgan fingerprint density at radius 3 is 2.74 bits per heavy atom. The number of aliphatic hydroxyl groups excluding tert-OH is 1. The van der Waals surface area contributed by atoms with Crippen LogP contribution in [-0.4, -0.2) is 53.0 Å². The molecule has 0 spiro atoms. The monoisotopic (exact) mass is 433 g/mol. The molecule has 0 bridgehead atoms. The number of ketones is 1. The van der Waals surface area contributed by atoms with Gasteiger partial charge >= 0.3 is 0 Å². The number of rotatable bonds is 12. The zero-order valence-electron chi connectivity index (χ0n) is 19.1. The number of piperidine rings is 1. The van der Waals surface area contributed by atoms with Gasteiger partial charge in [0.25, 0.3) is 0 Å². The lowest BCUT2D eigenvalue weighted by molar-refractivity contribution is -0.120. The van der Waals surface area contributed by atoms with Gasteiger partial charge in [-0.25, -0.2) is 0 Å². The van der Waals surface area contributed by atoms with Crippen LogP contribution in [0, 0.1) is 11.8 Å². The molecule has 1 aromatic carbocycles. The molecule has 31 heavy (non-hydrogen) atoms. The third kappa shape index (κ3) is 7.06. The molecule has 2 rings (SSSR count). The third-order valence-electron chi connectivity index (χ3n) is 6.58. The van der Waals surface area contributed by atoms with E-state index in [1.165, 1.54) is 12.1 Å². The van der Waals surface area contributed by atoms with Crippen LogP contribution in [0.3, 0.4) is 0 Å². The molecule has 6 heteroatoms. The van der Waals surface area contributed by atoms with E-state index in [1.54, 1.807) is 14.0 Å². The lowest BCUT2D eigenvalue weighted by Crippen LogP contribution is -2.41. The van der Waals surface area contributed by atoms with Gasteiger partial charge in [-0.3, -0.25) is 4.79 Å². The summed E-state index contributed by atoms with van der Waals surface area (Å²) in [5, 5.41) is 34.3. The predicted octanol–water partition coefficient (Wildman–Crippen LogP) is 3.51. The maximum atomic E-state index is 12.1. The number of aliphatic hydroxyl groups is 1. The van der Waals surface area contributed by atoms with E-state index in [0.29, 0.717) is 24.3 Å². The second kappa shape index (κ2) is 12.2. The fraction of sp³-hybridized carbons (Fsp3) is 0.640. The normalized spacial score (nSPS) is 21.9.